The Morgan fingerprint density at radius 2 is 1.30 bits per heavy atom. The van der Waals surface area contributed by atoms with Crippen LogP contribution in [-0.4, -0.2) is 5.38 Å². The highest BCUT2D eigenvalue weighted by atomic mass is 35.5. The van der Waals surface area contributed by atoms with Crippen LogP contribution in [0.25, 0.3) is 0 Å². The molecular weight excluding hydrogens is 144 g/mol. The summed E-state index contributed by atoms with van der Waals surface area (Å²) in [7, 11) is 0. The molecule has 0 aromatic rings. The molecule has 0 nitrogen and oxygen atoms in total. The van der Waals surface area contributed by atoms with Crippen LogP contribution >= 0.6 is 11.6 Å². The Hall–Kier alpha value is 0.290. The molecule has 2 atom stereocenters. The topological polar surface area (TPSA) is 0 Å². The van der Waals surface area contributed by atoms with E-state index in [9.17, 15) is 0 Å². The van der Waals surface area contributed by atoms with Gasteiger partial charge in [0.25, 0.3) is 0 Å². The van der Waals surface area contributed by atoms with Crippen molar-refractivity contribution in [1.82, 2.24) is 0 Å². The van der Waals surface area contributed by atoms with Crippen molar-refractivity contribution in [2.45, 2.75) is 43.9 Å². The Balaban J connectivity index is 1.86. The second-order valence-corrected chi connectivity index (χ2v) is 4.27. The third kappa shape index (κ3) is 1.18. The van der Waals surface area contributed by atoms with Crippen LogP contribution in [-0.2, 0) is 0 Å². The molecule has 1 heteroatoms. The highest BCUT2D eigenvalue weighted by Gasteiger charge is 2.47. The third-order valence-corrected chi connectivity index (χ3v) is 3.70. The molecular formula is C9H15Cl. The van der Waals surface area contributed by atoms with Crippen LogP contribution in [0, 0.1) is 11.8 Å². The second-order valence-electron chi connectivity index (χ2n) is 3.76. The maximum absolute atomic E-state index is 6.10. The Bertz CT molecular complexity index is 108. The van der Waals surface area contributed by atoms with Gasteiger partial charge in [-0.1, -0.05) is 25.7 Å². The summed E-state index contributed by atoms with van der Waals surface area (Å²) < 4.78 is 0. The van der Waals surface area contributed by atoms with Crippen LogP contribution in [0.2, 0.25) is 0 Å². The van der Waals surface area contributed by atoms with Crippen molar-refractivity contribution in [2.75, 3.05) is 0 Å². The van der Waals surface area contributed by atoms with E-state index in [0.29, 0.717) is 5.38 Å². The Labute approximate surface area is 68.0 Å². The SMILES string of the molecule is ClC1C2CCCCCCC12. The van der Waals surface area contributed by atoms with E-state index in [1.165, 1.54) is 38.5 Å². The molecule has 2 rings (SSSR count). The minimum atomic E-state index is 0.568. The fourth-order valence-corrected chi connectivity index (χ4v) is 2.80. The molecule has 2 saturated carbocycles. The summed E-state index contributed by atoms with van der Waals surface area (Å²) in [6, 6.07) is 0. The second kappa shape index (κ2) is 2.73. The lowest BCUT2D eigenvalue weighted by Gasteiger charge is -2.04. The molecule has 0 spiro atoms. The van der Waals surface area contributed by atoms with Crippen molar-refractivity contribution in [3.63, 3.8) is 0 Å². The lowest BCUT2D eigenvalue weighted by Crippen LogP contribution is -1.90. The van der Waals surface area contributed by atoms with Gasteiger partial charge in [-0.05, 0) is 24.7 Å². The molecule has 2 fully saturated rings. The summed E-state index contributed by atoms with van der Waals surface area (Å²) in [4.78, 5) is 0. The molecule has 0 saturated heterocycles. The van der Waals surface area contributed by atoms with E-state index in [-0.39, 0.29) is 0 Å². The number of alkyl halides is 1. The quantitative estimate of drug-likeness (QED) is 0.475. The minimum absolute atomic E-state index is 0.568. The number of hydrogen-bond acceptors (Lipinski definition) is 0. The third-order valence-electron chi connectivity index (χ3n) is 3.05. The maximum Gasteiger partial charge on any atom is 0.0398 e. The van der Waals surface area contributed by atoms with Gasteiger partial charge in [0.15, 0.2) is 0 Å². The number of halogens is 1. The fourth-order valence-electron chi connectivity index (χ4n) is 2.26. The zero-order chi connectivity index (χ0) is 6.97. The van der Waals surface area contributed by atoms with E-state index in [1.807, 2.05) is 0 Å². The van der Waals surface area contributed by atoms with Gasteiger partial charge in [0.2, 0.25) is 0 Å². The normalized spacial score (nSPS) is 47.1. The fraction of sp³-hybridized carbons (Fsp3) is 1.00. The van der Waals surface area contributed by atoms with Crippen molar-refractivity contribution < 1.29 is 0 Å². The summed E-state index contributed by atoms with van der Waals surface area (Å²) in [5.74, 6) is 1.84. The molecule has 0 radical (unpaired) electrons. The monoisotopic (exact) mass is 158 g/mol. The van der Waals surface area contributed by atoms with Gasteiger partial charge in [-0.25, -0.2) is 0 Å². The van der Waals surface area contributed by atoms with Crippen LogP contribution in [0.4, 0.5) is 0 Å². The smallest absolute Gasteiger partial charge is 0.0398 e. The lowest BCUT2D eigenvalue weighted by atomic mass is 10.0. The van der Waals surface area contributed by atoms with Crippen LogP contribution in [0.1, 0.15) is 38.5 Å². The molecule has 0 heterocycles. The standard InChI is InChI=1S/C9H15Cl/c10-9-7-5-3-1-2-4-6-8(7)9/h7-9H,1-6H2. The highest BCUT2D eigenvalue weighted by Crippen LogP contribution is 2.51. The van der Waals surface area contributed by atoms with E-state index >= 15 is 0 Å². The number of fused-ring (bicyclic) bond motifs is 1. The highest BCUT2D eigenvalue weighted by molar-refractivity contribution is 6.23. The molecule has 2 aliphatic carbocycles. The van der Waals surface area contributed by atoms with Gasteiger partial charge in [0.05, 0.1) is 0 Å². The Kier molecular flexibility index (Phi) is 1.90. The predicted octanol–water partition coefficient (Wildman–Crippen LogP) is 3.19. The summed E-state index contributed by atoms with van der Waals surface area (Å²) in [5.41, 5.74) is 0. The largest absolute Gasteiger partial charge is 0.122 e. The van der Waals surface area contributed by atoms with Gasteiger partial charge in [-0.3, -0.25) is 0 Å². The van der Waals surface area contributed by atoms with Crippen molar-refractivity contribution >= 4 is 11.6 Å². The molecule has 0 amide bonds. The average molecular weight is 159 g/mol. The lowest BCUT2D eigenvalue weighted by molar-refractivity contribution is 0.485. The number of rotatable bonds is 0. The van der Waals surface area contributed by atoms with Gasteiger partial charge in [0.1, 0.15) is 0 Å². The van der Waals surface area contributed by atoms with Crippen LogP contribution < -0.4 is 0 Å². The first kappa shape index (κ1) is 6.97. The molecule has 0 bridgehead atoms. The molecule has 2 aliphatic rings. The van der Waals surface area contributed by atoms with E-state index in [0.717, 1.165) is 11.8 Å². The van der Waals surface area contributed by atoms with Crippen molar-refractivity contribution in [3.05, 3.63) is 0 Å². The van der Waals surface area contributed by atoms with Crippen molar-refractivity contribution in [2.24, 2.45) is 11.8 Å². The molecule has 0 aromatic carbocycles. The molecule has 0 aromatic heterocycles. The van der Waals surface area contributed by atoms with Gasteiger partial charge < -0.3 is 0 Å². The molecule has 10 heavy (non-hydrogen) atoms. The maximum atomic E-state index is 6.10. The van der Waals surface area contributed by atoms with Gasteiger partial charge in [0, 0.05) is 5.38 Å². The van der Waals surface area contributed by atoms with Crippen molar-refractivity contribution in [1.29, 1.82) is 0 Å². The summed E-state index contributed by atoms with van der Waals surface area (Å²) in [6.45, 7) is 0. The van der Waals surface area contributed by atoms with Gasteiger partial charge >= 0.3 is 0 Å². The van der Waals surface area contributed by atoms with Crippen LogP contribution in [0.3, 0.4) is 0 Å². The molecule has 0 N–H and O–H groups in total. The van der Waals surface area contributed by atoms with Gasteiger partial charge in [-0.15, -0.1) is 11.6 Å². The molecule has 58 valence electrons. The summed E-state index contributed by atoms with van der Waals surface area (Å²) in [5, 5.41) is 0.568. The zero-order valence-corrected chi connectivity index (χ0v) is 7.11. The summed E-state index contributed by atoms with van der Waals surface area (Å²) >= 11 is 6.10. The van der Waals surface area contributed by atoms with Crippen molar-refractivity contribution in [3.8, 4) is 0 Å². The minimum Gasteiger partial charge on any atom is -0.122 e. The van der Waals surface area contributed by atoms with Gasteiger partial charge in [-0.2, -0.15) is 0 Å². The number of hydrogen-bond donors (Lipinski definition) is 0. The summed E-state index contributed by atoms with van der Waals surface area (Å²) in [6.07, 6.45) is 8.60. The molecule has 2 unspecified atom stereocenters. The Morgan fingerprint density at radius 3 is 1.80 bits per heavy atom. The zero-order valence-electron chi connectivity index (χ0n) is 6.35. The first-order chi connectivity index (χ1) is 4.89. The van der Waals surface area contributed by atoms with Crippen LogP contribution in [0.15, 0.2) is 0 Å². The molecule has 0 aliphatic heterocycles. The van der Waals surface area contributed by atoms with E-state index < -0.39 is 0 Å². The average Bonchev–Trinajstić information content (AvgIpc) is 2.39. The first-order valence-electron chi connectivity index (χ1n) is 4.53. The van der Waals surface area contributed by atoms with E-state index in [2.05, 4.69) is 0 Å². The first-order valence-corrected chi connectivity index (χ1v) is 4.97. The predicted molar refractivity (Wildman–Crippen MR) is 44.3 cm³/mol. The van der Waals surface area contributed by atoms with E-state index in [1.54, 1.807) is 0 Å². The van der Waals surface area contributed by atoms with E-state index in [4.69, 9.17) is 11.6 Å². The Morgan fingerprint density at radius 1 is 0.800 bits per heavy atom. The van der Waals surface area contributed by atoms with Crippen LogP contribution in [0.5, 0.6) is 0 Å².